The lowest BCUT2D eigenvalue weighted by Gasteiger charge is -2.28. The standard InChI is InChI=1S/C16H32O5Si/c1-7-18-22(19-8-2,20-9-3)13-11-10-12-15(6)21-16(17)14(4)5/h15H,4,7-13H2,1-3,5-6H3. The van der Waals surface area contributed by atoms with Crippen LogP contribution in [0.15, 0.2) is 12.2 Å². The van der Waals surface area contributed by atoms with Gasteiger partial charge in [-0.3, -0.25) is 0 Å². The second-order valence-electron chi connectivity index (χ2n) is 5.22. The van der Waals surface area contributed by atoms with Gasteiger partial charge in [-0.2, -0.15) is 0 Å². The predicted octanol–water partition coefficient (Wildman–Crippen LogP) is 3.71. The first-order valence-electron chi connectivity index (χ1n) is 8.19. The number of hydrogen-bond acceptors (Lipinski definition) is 5. The lowest BCUT2D eigenvalue weighted by molar-refractivity contribution is -0.143. The first-order chi connectivity index (χ1) is 10.4. The van der Waals surface area contributed by atoms with Gasteiger partial charge in [-0.1, -0.05) is 6.58 Å². The highest BCUT2D eigenvalue weighted by atomic mass is 28.4. The Morgan fingerprint density at radius 2 is 1.55 bits per heavy atom. The van der Waals surface area contributed by atoms with E-state index in [0.717, 1.165) is 25.3 Å². The molecule has 0 aliphatic rings. The van der Waals surface area contributed by atoms with E-state index in [4.69, 9.17) is 18.0 Å². The highest BCUT2D eigenvalue weighted by molar-refractivity contribution is 6.60. The van der Waals surface area contributed by atoms with Crippen molar-refractivity contribution in [2.75, 3.05) is 19.8 Å². The minimum atomic E-state index is -2.54. The van der Waals surface area contributed by atoms with Gasteiger partial charge in [0.1, 0.15) is 0 Å². The van der Waals surface area contributed by atoms with E-state index >= 15 is 0 Å². The van der Waals surface area contributed by atoms with Crippen molar-refractivity contribution >= 4 is 14.8 Å². The van der Waals surface area contributed by atoms with Crippen molar-refractivity contribution in [3.05, 3.63) is 12.2 Å². The zero-order valence-corrected chi connectivity index (χ0v) is 15.8. The van der Waals surface area contributed by atoms with Crippen LogP contribution >= 0.6 is 0 Å². The molecule has 0 rings (SSSR count). The number of esters is 1. The van der Waals surface area contributed by atoms with Crippen molar-refractivity contribution in [3.63, 3.8) is 0 Å². The van der Waals surface area contributed by atoms with Gasteiger partial charge in [0.2, 0.25) is 0 Å². The van der Waals surface area contributed by atoms with Crippen LogP contribution in [0.1, 0.15) is 53.9 Å². The molecule has 1 atom stereocenters. The molecule has 0 radical (unpaired) electrons. The molecule has 130 valence electrons. The summed E-state index contributed by atoms with van der Waals surface area (Å²) in [7, 11) is -2.54. The Morgan fingerprint density at radius 1 is 1.05 bits per heavy atom. The molecule has 6 heteroatoms. The van der Waals surface area contributed by atoms with Crippen molar-refractivity contribution in [2.45, 2.75) is 66.0 Å². The first-order valence-corrected chi connectivity index (χ1v) is 10.1. The second-order valence-corrected chi connectivity index (χ2v) is 7.96. The minimum absolute atomic E-state index is 0.105. The summed E-state index contributed by atoms with van der Waals surface area (Å²) in [6, 6.07) is 0.795. The molecule has 0 spiro atoms. The van der Waals surface area contributed by atoms with Gasteiger partial charge >= 0.3 is 14.8 Å². The molecule has 0 saturated carbocycles. The van der Waals surface area contributed by atoms with Crippen molar-refractivity contribution in [1.29, 1.82) is 0 Å². The Kier molecular flexibility index (Phi) is 11.4. The average Bonchev–Trinajstić information content (AvgIpc) is 2.44. The molecule has 1 unspecified atom stereocenters. The van der Waals surface area contributed by atoms with Crippen LogP contribution in [0, 0.1) is 0 Å². The molecule has 22 heavy (non-hydrogen) atoms. The molecule has 0 saturated heterocycles. The van der Waals surface area contributed by atoms with Crippen molar-refractivity contribution < 1.29 is 22.8 Å². The normalized spacial score (nSPS) is 13.0. The largest absolute Gasteiger partial charge is 0.500 e. The van der Waals surface area contributed by atoms with Crippen LogP contribution in [0.3, 0.4) is 0 Å². The van der Waals surface area contributed by atoms with Gasteiger partial charge in [-0.15, -0.1) is 0 Å². The van der Waals surface area contributed by atoms with E-state index in [1.165, 1.54) is 0 Å². The van der Waals surface area contributed by atoms with E-state index in [0.29, 0.717) is 25.4 Å². The van der Waals surface area contributed by atoms with E-state index in [9.17, 15) is 4.79 Å². The molecule has 0 bridgehead atoms. The van der Waals surface area contributed by atoms with Gasteiger partial charge < -0.3 is 18.0 Å². The fourth-order valence-electron chi connectivity index (χ4n) is 2.12. The maximum atomic E-state index is 11.4. The van der Waals surface area contributed by atoms with Gasteiger partial charge in [0.25, 0.3) is 0 Å². The number of carbonyl (C=O) groups excluding carboxylic acids is 1. The third kappa shape index (κ3) is 8.68. The minimum Gasteiger partial charge on any atom is -0.459 e. The van der Waals surface area contributed by atoms with Crippen molar-refractivity contribution in [2.24, 2.45) is 0 Å². The molecular weight excluding hydrogens is 300 g/mol. The van der Waals surface area contributed by atoms with Gasteiger partial charge in [0.05, 0.1) is 6.10 Å². The third-order valence-corrected chi connectivity index (χ3v) is 6.24. The van der Waals surface area contributed by atoms with Crippen LogP contribution in [0.4, 0.5) is 0 Å². The fourth-order valence-corrected chi connectivity index (χ4v) is 4.80. The summed E-state index contributed by atoms with van der Waals surface area (Å²) in [5, 5.41) is 0. The lowest BCUT2D eigenvalue weighted by Crippen LogP contribution is -2.45. The van der Waals surface area contributed by atoms with E-state index in [-0.39, 0.29) is 12.1 Å². The highest BCUT2D eigenvalue weighted by Gasteiger charge is 2.39. The Bertz CT molecular complexity index is 315. The van der Waals surface area contributed by atoms with Crippen LogP contribution in [-0.2, 0) is 22.8 Å². The third-order valence-electron chi connectivity index (χ3n) is 3.09. The maximum absolute atomic E-state index is 11.4. The van der Waals surface area contributed by atoms with Crippen LogP contribution < -0.4 is 0 Å². The molecule has 0 heterocycles. The first kappa shape index (κ1) is 21.3. The Morgan fingerprint density at radius 3 is 1.95 bits per heavy atom. The van der Waals surface area contributed by atoms with Crippen LogP contribution in [0.2, 0.25) is 6.04 Å². The zero-order valence-electron chi connectivity index (χ0n) is 14.8. The van der Waals surface area contributed by atoms with Gasteiger partial charge in [-0.05, 0) is 53.9 Å². The molecule has 0 amide bonds. The molecule has 0 aromatic carbocycles. The van der Waals surface area contributed by atoms with Gasteiger partial charge in [0, 0.05) is 31.4 Å². The summed E-state index contributed by atoms with van der Waals surface area (Å²) >= 11 is 0. The second kappa shape index (κ2) is 11.8. The maximum Gasteiger partial charge on any atom is 0.500 e. The molecule has 0 aliphatic heterocycles. The van der Waals surface area contributed by atoms with E-state index in [1.54, 1.807) is 6.92 Å². The highest BCUT2D eigenvalue weighted by Crippen LogP contribution is 2.20. The fraction of sp³-hybridized carbons (Fsp3) is 0.812. The SMILES string of the molecule is C=C(C)C(=O)OC(C)CCCC[Si](OCC)(OCC)OCC. The predicted molar refractivity (Wildman–Crippen MR) is 89.7 cm³/mol. The number of carbonyl (C=O) groups is 1. The average molecular weight is 333 g/mol. The van der Waals surface area contributed by atoms with E-state index in [2.05, 4.69) is 6.58 Å². The number of unbranched alkanes of at least 4 members (excludes halogenated alkanes) is 1. The number of rotatable bonds is 13. The van der Waals surface area contributed by atoms with Crippen molar-refractivity contribution in [1.82, 2.24) is 0 Å². The van der Waals surface area contributed by atoms with Crippen molar-refractivity contribution in [3.8, 4) is 0 Å². The molecule has 0 aromatic rings. The van der Waals surface area contributed by atoms with Gasteiger partial charge in [-0.25, -0.2) is 4.79 Å². The number of hydrogen-bond donors (Lipinski definition) is 0. The molecule has 0 aromatic heterocycles. The molecule has 5 nitrogen and oxygen atoms in total. The quantitative estimate of drug-likeness (QED) is 0.223. The molecule has 0 N–H and O–H groups in total. The van der Waals surface area contributed by atoms with E-state index < -0.39 is 8.80 Å². The molecular formula is C16H32O5Si. The summed E-state index contributed by atoms with van der Waals surface area (Å²) in [6.45, 7) is 14.8. The smallest absolute Gasteiger partial charge is 0.459 e. The lowest BCUT2D eigenvalue weighted by atomic mass is 10.2. The monoisotopic (exact) mass is 332 g/mol. The van der Waals surface area contributed by atoms with Gasteiger partial charge in [0.15, 0.2) is 0 Å². The van der Waals surface area contributed by atoms with Crippen LogP contribution in [0.25, 0.3) is 0 Å². The molecule has 0 fully saturated rings. The Balaban J connectivity index is 4.21. The Labute approximate surface area is 136 Å². The van der Waals surface area contributed by atoms with Crippen LogP contribution in [-0.4, -0.2) is 40.7 Å². The zero-order chi connectivity index (χ0) is 17.0. The summed E-state index contributed by atoms with van der Waals surface area (Å²) in [5.74, 6) is -0.325. The van der Waals surface area contributed by atoms with E-state index in [1.807, 2.05) is 27.7 Å². The van der Waals surface area contributed by atoms with Crippen LogP contribution in [0.5, 0.6) is 0 Å². The summed E-state index contributed by atoms with van der Waals surface area (Å²) in [4.78, 5) is 11.4. The Hall–Kier alpha value is -0.693. The molecule has 0 aliphatic carbocycles. The number of ether oxygens (including phenoxy) is 1. The summed E-state index contributed by atoms with van der Waals surface area (Å²) in [6.07, 6.45) is 2.58. The summed E-state index contributed by atoms with van der Waals surface area (Å²) < 4.78 is 22.7. The summed E-state index contributed by atoms with van der Waals surface area (Å²) in [5.41, 5.74) is 0.433. The topological polar surface area (TPSA) is 54.0 Å².